The molecule has 1 aromatic carbocycles. The van der Waals surface area contributed by atoms with E-state index in [9.17, 15) is 4.79 Å². The third kappa shape index (κ3) is 8.68. The van der Waals surface area contributed by atoms with Crippen LogP contribution in [0.3, 0.4) is 0 Å². The van der Waals surface area contributed by atoms with Crippen LogP contribution in [0.4, 0.5) is 4.79 Å². The first-order valence-corrected chi connectivity index (χ1v) is 19.6. The molecule has 0 saturated carbocycles. The van der Waals surface area contributed by atoms with Crippen LogP contribution in [-0.2, 0) is 4.74 Å². The third-order valence-corrected chi connectivity index (χ3v) is 22.2. The van der Waals surface area contributed by atoms with Gasteiger partial charge in [0.05, 0.1) is 0 Å². The number of hydrogen-bond donors (Lipinski definition) is 1. The van der Waals surface area contributed by atoms with E-state index in [-0.39, 0.29) is 10.2 Å². The van der Waals surface area contributed by atoms with Crippen molar-refractivity contribution in [3.63, 3.8) is 0 Å². The van der Waals surface area contributed by atoms with Crippen LogP contribution in [0.25, 0.3) is 0 Å². The number of ether oxygens (including phenoxy) is 2. The molecule has 0 fully saturated rings. The number of methoxy groups -OCH3 is 1. The summed E-state index contributed by atoms with van der Waals surface area (Å²) >= 11 is -2.87. The van der Waals surface area contributed by atoms with E-state index in [2.05, 4.69) is 38.2 Å². The maximum atomic E-state index is 13.0. The van der Waals surface area contributed by atoms with E-state index in [0.29, 0.717) is 0 Å². The molecule has 172 valence electrons. The number of amides is 1. The molecule has 0 spiro atoms. The van der Waals surface area contributed by atoms with Gasteiger partial charge in [-0.1, -0.05) is 0 Å². The molecular formula is C25H45NO3Sn. The van der Waals surface area contributed by atoms with E-state index in [1.165, 1.54) is 51.8 Å². The molecule has 0 heterocycles. The first-order valence-electron chi connectivity index (χ1n) is 11.9. The summed E-state index contributed by atoms with van der Waals surface area (Å²) in [6, 6.07) is 8.25. The van der Waals surface area contributed by atoms with Gasteiger partial charge in [-0.05, 0) is 0 Å². The average Bonchev–Trinajstić information content (AvgIpc) is 2.70. The van der Waals surface area contributed by atoms with Crippen molar-refractivity contribution in [2.75, 3.05) is 7.11 Å². The Hall–Kier alpha value is -0.911. The van der Waals surface area contributed by atoms with Crippen molar-refractivity contribution in [1.82, 2.24) is 5.32 Å². The molecule has 1 amide bonds. The second-order valence-corrected chi connectivity index (χ2v) is 23.2. The molecule has 0 aliphatic carbocycles. The molecule has 0 aromatic heterocycles. The summed E-state index contributed by atoms with van der Waals surface area (Å²) in [7, 11) is 1.73. The summed E-state index contributed by atoms with van der Waals surface area (Å²) in [5.41, 5.74) is 0.633. The summed E-state index contributed by atoms with van der Waals surface area (Å²) in [5.74, 6) is 0.879. The van der Waals surface area contributed by atoms with Crippen LogP contribution in [0.1, 0.15) is 89.7 Å². The van der Waals surface area contributed by atoms with Crippen LogP contribution in [0, 0.1) is 0 Å². The molecule has 1 aromatic rings. The number of carbonyl (C=O) groups is 1. The normalized spacial score (nSPS) is 13.0. The second-order valence-electron chi connectivity index (χ2n) is 9.49. The zero-order valence-electron chi connectivity index (χ0n) is 20.5. The molecule has 5 heteroatoms. The summed E-state index contributed by atoms with van der Waals surface area (Å²) in [6.07, 6.45) is 7.01. The van der Waals surface area contributed by atoms with Gasteiger partial charge in [-0.25, -0.2) is 0 Å². The van der Waals surface area contributed by atoms with E-state index in [0.717, 1.165) is 11.3 Å². The van der Waals surface area contributed by atoms with Gasteiger partial charge in [0.25, 0.3) is 0 Å². The number of hydrogen-bond acceptors (Lipinski definition) is 3. The van der Waals surface area contributed by atoms with Gasteiger partial charge >= 0.3 is 190 Å². The van der Waals surface area contributed by atoms with Crippen LogP contribution in [0.2, 0.25) is 13.3 Å². The number of rotatable bonds is 13. The van der Waals surface area contributed by atoms with E-state index >= 15 is 0 Å². The molecule has 1 N–H and O–H groups in total. The Balaban J connectivity index is 3.49. The van der Waals surface area contributed by atoms with Crippen LogP contribution in [0.5, 0.6) is 5.75 Å². The van der Waals surface area contributed by atoms with Gasteiger partial charge in [-0.2, -0.15) is 0 Å². The SMILES string of the molecule is CCC[CH2][Sn]([CH2]CCC)([CH2]CCC)[CH](NC(=O)OC(C)(C)C)c1ccccc1OC. The molecule has 30 heavy (non-hydrogen) atoms. The Bertz CT molecular complexity index is 605. The van der Waals surface area contributed by atoms with E-state index in [1.807, 2.05) is 32.9 Å². The number of unbranched alkanes of at least 4 members (excludes halogenated alkanes) is 3. The van der Waals surface area contributed by atoms with Crippen LogP contribution in [-0.4, -0.2) is 37.2 Å². The first-order chi connectivity index (χ1) is 14.2. The molecule has 0 bridgehead atoms. The molecule has 0 aliphatic rings. The summed E-state index contributed by atoms with van der Waals surface area (Å²) < 4.78 is 15.4. The van der Waals surface area contributed by atoms with Gasteiger partial charge in [0, 0.05) is 0 Å². The van der Waals surface area contributed by atoms with Crippen molar-refractivity contribution in [2.45, 2.75) is 103 Å². The minimum absolute atomic E-state index is 0.0648. The quantitative estimate of drug-likeness (QED) is 0.269. The van der Waals surface area contributed by atoms with E-state index in [4.69, 9.17) is 9.47 Å². The van der Waals surface area contributed by atoms with Gasteiger partial charge in [0.15, 0.2) is 0 Å². The number of para-hydroxylation sites is 1. The summed E-state index contributed by atoms with van der Waals surface area (Å²) in [6.45, 7) is 12.6. The second kappa shape index (κ2) is 13.5. The Morgan fingerprint density at radius 2 is 1.47 bits per heavy atom. The number of alkyl carbamates (subject to hydrolysis) is 1. The topological polar surface area (TPSA) is 47.6 Å². The van der Waals surface area contributed by atoms with Crippen molar-refractivity contribution in [1.29, 1.82) is 0 Å². The van der Waals surface area contributed by atoms with Crippen LogP contribution >= 0.6 is 0 Å². The molecule has 0 saturated heterocycles. The Labute approximate surface area is 189 Å². The predicted octanol–water partition coefficient (Wildman–Crippen LogP) is 7.65. The Morgan fingerprint density at radius 3 is 1.90 bits per heavy atom. The fourth-order valence-corrected chi connectivity index (χ4v) is 21.7. The van der Waals surface area contributed by atoms with E-state index in [1.54, 1.807) is 7.11 Å². The zero-order valence-corrected chi connectivity index (χ0v) is 23.3. The van der Waals surface area contributed by atoms with Crippen molar-refractivity contribution >= 4 is 24.5 Å². The summed E-state index contributed by atoms with van der Waals surface area (Å²) in [5, 5.41) is 3.38. The summed E-state index contributed by atoms with van der Waals surface area (Å²) in [4.78, 5) is 13.0. The molecule has 4 nitrogen and oxygen atoms in total. The first kappa shape index (κ1) is 27.1. The van der Waals surface area contributed by atoms with Crippen LogP contribution in [0.15, 0.2) is 24.3 Å². The van der Waals surface area contributed by atoms with Gasteiger partial charge in [-0.15, -0.1) is 0 Å². The fourth-order valence-electron chi connectivity index (χ4n) is 4.29. The molecule has 0 aliphatic heterocycles. The van der Waals surface area contributed by atoms with Gasteiger partial charge < -0.3 is 0 Å². The predicted molar refractivity (Wildman–Crippen MR) is 130 cm³/mol. The maximum absolute atomic E-state index is 13.0. The van der Waals surface area contributed by atoms with Gasteiger partial charge in [0.1, 0.15) is 0 Å². The van der Waals surface area contributed by atoms with Crippen molar-refractivity contribution in [3.05, 3.63) is 29.8 Å². The molecule has 0 radical (unpaired) electrons. The Kier molecular flexibility index (Phi) is 12.2. The monoisotopic (exact) mass is 527 g/mol. The van der Waals surface area contributed by atoms with Crippen LogP contribution < -0.4 is 10.1 Å². The molecule has 1 rings (SSSR count). The minimum atomic E-state index is -2.87. The van der Waals surface area contributed by atoms with E-state index < -0.39 is 24.0 Å². The number of benzene rings is 1. The molecule has 1 unspecified atom stereocenters. The average molecular weight is 526 g/mol. The standard InChI is InChI=1S/C13H18NO3.3C4H9.Sn/c1-13(2,3)17-12(15)14-9-10-7-5-6-8-11(10)16-4;3*1-3-4-2;/h5-9H,1-4H3,(H,14,15);3*1,3-4H2,2H3;. The van der Waals surface area contributed by atoms with Gasteiger partial charge in [-0.3, -0.25) is 0 Å². The number of nitrogens with one attached hydrogen (secondary N) is 1. The van der Waals surface area contributed by atoms with Crippen molar-refractivity contribution in [3.8, 4) is 5.75 Å². The van der Waals surface area contributed by atoms with Gasteiger partial charge in [0.2, 0.25) is 0 Å². The Morgan fingerprint density at radius 1 is 0.967 bits per heavy atom. The van der Waals surface area contributed by atoms with Crippen molar-refractivity contribution < 1.29 is 14.3 Å². The zero-order chi connectivity index (χ0) is 22.6. The number of carbonyl (C=O) groups excluding carboxylic acids is 1. The molecule has 1 atom stereocenters. The van der Waals surface area contributed by atoms with Crippen molar-refractivity contribution in [2.24, 2.45) is 0 Å². The molecular weight excluding hydrogens is 481 g/mol. The third-order valence-electron chi connectivity index (χ3n) is 5.81. The fraction of sp³-hybridized carbons (Fsp3) is 0.720.